The molecule has 0 radical (unpaired) electrons. The first kappa shape index (κ1) is 19.2. The third-order valence-corrected chi connectivity index (χ3v) is 4.31. The van der Waals surface area contributed by atoms with Gasteiger partial charge in [0.15, 0.2) is 5.69 Å². The van der Waals surface area contributed by atoms with Gasteiger partial charge in [-0.25, -0.2) is 0 Å². The molecule has 1 aromatic heterocycles. The molecule has 1 aliphatic heterocycles. The highest BCUT2D eigenvalue weighted by Gasteiger charge is 2.39. The van der Waals surface area contributed by atoms with Crippen LogP contribution in [0.2, 0.25) is 0 Å². The van der Waals surface area contributed by atoms with E-state index in [9.17, 15) is 18.0 Å². The van der Waals surface area contributed by atoms with Gasteiger partial charge in [-0.3, -0.25) is 9.48 Å². The molecule has 146 valence electrons. The zero-order valence-electron chi connectivity index (χ0n) is 14.8. The molecule has 27 heavy (non-hydrogen) atoms. The average molecular weight is 383 g/mol. The molecule has 1 aromatic carbocycles. The molecule has 3 rings (SSSR count). The van der Waals surface area contributed by atoms with Crippen LogP contribution in [0.3, 0.4) is 0 Å². The summed E-state index contributed by atoms with van der Waals surface area (Å²) in [6, 6.07) is 7.14. The van der Waals surface area contributed by atoms with Crippen molar-refractivity contribution in [3.05, 3.63) is 46.8 Å². The van der Waals surface area contributed by atoms with Crippen LogP contribution >= 0.6 is 0 Å². The number of rotatable bonds is 6. The molecule has 9 heteroatoms. The molecule has 1 aliphatic rings. The Kier molecular flexibility index (Phi) is 5.69. The SMILES string of the molecule is COc1cccc(CC(=O)NCCn2nc(C(F)(F)F)c3c2CCOC3)c1. The molecule has 0 fully saturated rings. The van der Waals surface area contributed by atoms with Gasteiger partial charge in [-0.15, -0.1) is 0 Å². The van der Waals surface area contributed by atoms with Crippen LogP contribution in [-0.2, 0) is 41.7 Å². The van der Waals surface area contributed by atoms with Crippen LogP contribution in [-0.4, -0.2) is 35.9 Å². The highest BCUT2D eigenvalue weighted by atomic mass is 19.4. The molecule has 0 aliphatic carbocycles. The summed E-state index contributed by atoms with van der Waals surface area (Å²) in [6.07, 6.45) is -3.99. The first-order valence-electron chi connectivity index (χ1n) is 8.51. The number of amides is 1. The molecular weight excluding hydrogens is 363 g/mol. The van der Waals surface area contributed by atoms with Gasteiger partial charge in [0.05, 0.1) is 33.3 Å². The molecule has 0 unspecified atom stereocenters. The van der Waals surface area contributed by atoms with Crippen molar-refractivity contribution < 1.29 is 27.4 Å². The highest BCUT2D eigenvalue weighted by molar-refractivity contribution is 5.78. The Morgan fingerprint density at radius 1 is 1.41 bits per heavy atom. The van der Waals surface area contributed by atoms with Crippen LogP contribution in [0.4, 0.5) is 13.2 Å². The number of carbonyl (C=O) groups is 1. The number of benzene rings is 1. The molecular formula is C18H20F3N3O3. The second-order valence-electron chi connectivity index (χ2n) is 6.18. The van der Waals surface area contributed by atoms with Crippen molar-refractivity contribution in [1.29, 1.82) is 0 Å². The van der Waals surface area contributed by atoms with Gasteiger partial charge in [-0.2, -0.15) is 18.3 Å². The number of fused-ring (bicyclic) bond motifs is 1. The summed E-state index contributed by atoms with van der Waals surface area (Å²) in [5, 5.41) is 6.43. The van der Waals surface area contributed by atoms with Crippen molar-refractivity contribution in [2.45, 2.75) is 32.2 Å². The van der Waals surface area contributed by atoms with Crippen LogP contribution < -0.4 is 10.1 Å². The lowest BCUT2D eigenvalue weighted by atomic mass is 10.1. The number of hydrogen-bond donors (Lipinski definition) is 1. The summed E-state index contributed by atoms with van der Waals surface area (Å²) in [5.41, 5.74) is 0.506. The number of methoxy groups -OCH3 is 1. The molecule has 1 amide bonds. The number of ether oxygens (including phenoxy) is 2. The zero-order chi connectivity index (χ0) is 19.4. The lowest BCUT2D eigenvalue weighted by molar-refractivity contribution is -0.142. The molecule has 2 aromatic rings. The fraction of sp³-hybridized carbons (Fsp3) is 0.444. The Labute approximate surface area is 154 Å². The number of nitrogens with one attached hydrogen (secondary N) is 1. The monoisotopic (exact) mass is 383 g/mol. The summed E-state index contributed by atoms with van der Waals surface area (Å²) >= 11 is 0. The largest absolute Gasteiger partial charge is 0.497 e. The van der Waals surface area contributed by atoms with E-state index in [2.05, 4.69) is 10.4 Å². The minimum absolute atomic E-state index is 0.0909. The van der Waals surface area contributed by atoms with E-state index in [4.69, 9.17) is 9.47 Å². The predicted octanol–water partition coefficient (Wildman–Crippen LogP) is 2.34. The van der Waals surface area contributed by atoms with Gasteiger partial charge in [0.1, 0.15) is 5.75 Å². The second kappa shape index (κ2) is 7.99. The van der Waals surface area contributed by atoms with E-state index in [0.717, 1.165) is 5.56 Å². The minimum Gasteiger partial charge on any atom is -0.497 e. The van der Waals surface area contributed by atoms with Crippen molar-refractivity contribution in [3.63, 3.8) is 0 Å². The van der Waals surface area contributed by atoms with Gasteiger partial charge in [0, 0.05) is 24.2 Å². The number of carbonyl (C=O) groups excluding carboxylic acids is 1. The summed E-state index contributed by atoms with van der Waals surface area (Å²) in [6.45, 7) is 0.627. The number of aromatic nitrogens is 2. The number of alkyl halides is 3. The molecule has 0 atom stereocenters. The van der Waals surface area contributed by atoms with E-state index in [0.29, 0.717) is 24.5 Å². The number of nitrogens with zero attached hydrogens (tertiary/aromatic N) is 2. The van der Waals surface area contributed by atoms with Crippen molar-refractivity contribution in [2.75, 3.05) is 20.3 Å². The lowest BCUT2D eigenvalue weighted by Crippen LogP contribution is -2.29. The van der Waals surface area contributed by atoms with Crippen LogP contribution in [0.15, 0.2) is 24.3 Å². The fourth-order valence-corrected chi connectivity index (χ4v) is 3.05. The Hall–Kier alpha value is -2.55. The Morgan fingerprint density at radius 3 is 2.96 bits per heavy atom. The average Bonchev–Trinajstić information content (AvgIpc) is 3.01. The van der Waals surface area contributed by atoms with Gasteiger partial charge >= 0.3 is 6.18 Å². The predicted molar refractivity (Wildman–Crippen MR) is 90.3 cm³/mol. The van der Waals surface area contributed by atoms with Crippen molar-refractivity contribution >= 4 is 5.91 Å². The van der Waals surface area contributed by atoms with Crippen LogP contribution in [0.1, 0.15) is 22.5 Å². The Balaban J connectivity index is 1.60. The molecule has 6 nitrogen and oxygen atoms in total. The molecule has 0 bridgehead atoms. The second-order valence-corrected chi connectivity index (χ2v) is 6.18. The maximum absolute atomic E-state index is 13.1. The summed E-state index contributed by atoms with van der Waals surface area (Å²) in [5.74, 6) is 0.439. The van der Waals surface area contributed by atoms with Gasteiger partial charge in [-0.1, -0.05) is 12.1 Å². The maximum Gasteiger partial charge on any atom is 0.435 e. The normalized spacial score (nSPS) is 13.9. The quantitative estimate of drug-likeness (QED) is 0.832. The molecule has 0 spiro atoms. The smallest absolute Gasteiger partial charge is 0.435 e. The van der Waals surface area contributed by atoms with E-state index in [1.54, 1.807) is 25.3 Å². The Morgan fingerprint density at radius 2 is 2.22 bits per heavy atom. The van der Waals surface area contributed by atoms with E-state index in [-0.39, 0.29) is 37.6 Å². The third kappa shape index (κ3) is 4.60. The van der Waals surface area contributed by atoms with Gasteiger partial charge in [-0.05, 0) is 17.7 Å². The molecule has 1 N–H and O–H groups in total. The zero-order valence-corrected chi connectivity index (χ0v) is 14.8. The van der Waals surface area contributed by atoms with E-state index in [1.807, 2.05) is 6.07 Å². The van der Waals surface area contributed by atoms with Crippen molar-refractivity contribution in [1.82, 2.24) is 15.1 Å². The van der Waals surface area contributed by atoms with Gasteiger partial charge in [0.2, 0.25) is 5.91 Å². The first-order chi connectivity index (χ1) is 12.9. The summed E-state index contributed by atoms with van der Waals surface area (Å²) < 4.78 is 51.0. The maximum atomic E-state index is 13.1. The Bertz CT molecular complexity index is 818. The highest BCUT2D eigenvalue weighted by Crippen LogP contribution is 2.34. The summed E-state index contributed by atoms with van der Waals surface area (Å²) in [7, 11) is 1.55. The van der Waals surface area contributed by atoms with E-state index >= 15 is 0 Å². The van der Waals surface area contributed by atoms with E-state index in [1.165, 1.54) is 4.68 Å². The lowest BCUT2D eigenvalue weighted by Gasteiger charge is -2.15. The fourth-order valence-electron chi connectivity index (χ4n) is 3.05. The minimum atomic E-state index is -4.52. The van der Waals surface area contributed by atoms with Crippen molar-refractivity contribution in [3.8, 4) is 5.75 Å². The number of hydrogen-bond acceptors (Lipinski definition) is 4. The van der Waals surface area contributed by atoms with E-state index < -0.39 is 11.9 Å². The molecule has 0 saturated carbocycles. The first-order valence-corrected chi connectivity index (χ1v) is 8.51. The van der Waals surface area contributed by atoms with Gasteiger partial charge in [0.25, 0.3) is 0 Å². The number of halogens is 3. The van der Waals surface area contributed by atoms with Crippen LogP contribution in [0, 0.1) is 0 Å². The summed E-state index contributed by atoms with van der Waals surface area (Å²) in [4.78, 5) is 12.1. The molecule has 2 heterocycles. The standard InChI is InChI=1S/C18H20F3N3O3/c1-26-13-4-2-3-12(9-13)10-16(25)22-6-7-24-15-5-8-27-11-14(15)17(23-24)18(19,20)21/h2-4,9H,5-8,10-11H2,1H3,(H,22,25). The third-order valence-electron chi connectivity index (χ3n) is 4.31. The molecule has 0 saturated heterocycles. The van der Waals surface area contributed by atoms with Crippen LogP contribution in [0.5, 0.6) is 5.75 Å². The van der Waals surface area contributed by atoms with Crippen LogP contribution in [0.25, 0.3) is 0 Å². The van der Waals surface area contributed by atoms with Gasteiger partial charge < -0.3 is 14.8 Å². The topological polar surface area (TPSA) is 65.4 Å². The van der Waals surface area contributed by atoms with Crippen molar-refractivity contribution in [2.24, 2.45) is 0 Å².